The van der Waals surface area contributed by atoms with Gasteiger partial charge in [-0.3, -0.25) is 4.99 Å². The Hall–Kier alpha value is -4.30. The van der Waals surface area contributed by atoms with Crippen LogP contribution in [0.25, 0.3) is 16.8 Å². The second-order valence-electron chi connectivity index (χ2n) is 8.74. The molecule has 0 saturated carbocycles. The van der Waals surface area contributed by atoms with Crippen LogP contribution in [0.3, 0.4) is 0 Å². The van der Waals surface area contributed by atoms with Crippen molar-refractivity contribution < 1.29 is 4.74 Å². The molecular weight excluding hydrogens is 480 g/mol. The van der Waals surface area contributed by atoms with Crippen molar-refractivity contribution in [3.05, 3.63) is 113 Å². The first-order valence-corrected chi connectivity index (χ1v) is 12.9. The van der Waals surface area contributed by atoms with Crippen LogP contribution < -0.4 is 10.1 Å². The summed E-state index contributed by atoms with van der Waals surface area (Å²) in [4.78, 5) is 5.74. The van der Waals surface area contributed by atoms with Crippen LogP contribution in [0.4, 0.5) is 5.69 Å². The molecular formula is C29H24N6OS. The molecule has 37 heavy (non-hydrogen) atoms. The highest BCUT2D eigenvalue weighted by molar-refractivity contribution is 8.05. The number of anilines is 1. The second-order valence-corrected chi connectivity index (χ2v) is 9.90. The zero-order valence-corrected chi connectivity index (χ0v) is 20.8. The summed E-state index contributed by atoms with van der Waals surface area (Å²) in [5.41, 5.74) is 4.22. The summed E-state index contributed by atoms with van der Waals surface area (Å²) in [6.45, 7) is 0.517. The van der Waals surface area contributed by atoms with E-state index in [4.69, 9.17) is 4.74 Å². The van der Waals surface area contributed by atoms with E-state index >= 15 is 0 Å². The van der Waals surface area contributed by atoms with E-state index in [0.29, 0.717) is 13.0 Å². The monoisotopic (exact) mass is 504 g/mol. The first kappa shape index (κ1) is 23.1. The molecule has 8 heteroatoms. The Morgan fingerprint density at radius 1 is 0.811 bits per heavy atom. The minimum atomic E-state index is -0.210. The molecule has 1 unspecified atom stereocenters. The van der Waals surface area contributed by atoms with E-state index in [2.05, 4.69) is 110 Å². The molecule has 0 amide bonds. The summed E-state index contributed by atoms with van der Waals surface area (Å²) in [5.74, 6) is 0.859. The predicted molar refractivity (Wildman–Crippen MR) is 150 cm³/mol. The second kappa shape index (κ2) is 10.8. The first-order chi connectivity index (χ1) is 18.3. The first-order valence-electron chi connectivity index (χ1n) is 12.0. The summed E-state index contributed by atoms with van der Waals surface area (Å²) in [5, 5.41) is 20.9. The Labute approximate surface area is 219 Å². The van der Waals surface area contributed by atoms with Crippen molar-refractivity contribution in [1.82, 2.24) is 0 Å². The maximum atomic E-state index is 6.28. The van der Waals surface area contributed by atoms with Crippen LogP contribution in [-0.2, 0) is 13.0 Å². The van der Waals surface area contributed by atoms with Crippen molar-refractivity contribution in [1.29, 1.82) is 0 Å². The van der Waals surface area contributed by atoms with Gasteiger partial charge in [0.05, 0.1) is 0 Å². The number of ether oxygens (including phenoxy) is 1. The van der Waals surface area contributed by atoms with Crippen molar-refractivity contribution in [3.63, 3.8) is 0 Å². The lowest BCUT2D eigenvalue weighted by atomic mass is 10.1. The number of allylic oxidation sites excluding steroid dienone is 1. The Kier molecular flexibility index (Phi) is 6.72. The SMILES string of the molecule is C1=NC(Nc2ccc(CC3N=NN=N3)cc2)SC1=Cc1cc2ccccc2cc1OCc1ccccc1. The summed E-state index contributed by atoms with van der Waals surface area (Å²) < 4.78 is 6.28. The van der Waals surface area contributed by atoms with Gasteiger partial charge >= 0.3 is 0 Å². The van der Waals surface area contributed by atoms with E-state index in [0.717, 1.165) is 38.4 Å². The highest BCUT2D eigenvalue weighted by Gasteiger charge is 2.17. The minimum absolute atomic E-state index is 0.0938. The predicted octanol–water partition coefficient (Wildman–Crippen LogP) is 7.67. The maximum Gasteiger partial charge on any atom is 0.189 e. The highest BCUT2D eigenvalue weighted by Crippen LogP contribution is 2.34. The molecule has 0 aromatic heterocycles. The molecule has 4 aromatic rings. The van der Waals surface area contributed by atoms with Gasteiger partial charge in [0.1, 0.15) is 12.4 Å². The van der Waals surface area contributed by atoms with Gasteiger partial charge in [0.25, 0.3) is 0 Å². The molecule has 4 aromatic carbocycles. The van der Waals surface area contributed by atoms with Crippen molar-refractivity contribution >= 4 is 40.5 Å². The molecule has 2 heterocycles. The summed E-state index contributed by atoms with van der Waals surface area (Å²) in [7, 11) is 0. The molecule has 0 aliphatic carbocycles. The van der Waals surface area contributed by atoms with Gasteiger partial charge in [-0.15, -0.1) is 10.2 Å². The maximum absolute atomic E-state index is 6.28. The van der Waals surface area contributed by atoms with Crippen molar-refractivity contribution in [2.45, 2.75) is 24.7 Å². The molecule has 182 valence electrons. The van der Waals surface area contributed by atoms with Crippen LogP contribution in [0, 0.1) is 0 Å². The fourth-order valence-electron chi connectivity index (χ4n) is 4.19. The molecule has 1 N–H and O–H groups in total. The van der Waals surface area contributed by atoms with Gasteiger partial charge in [0.2, 0.25) is 0 Å². The van der Waals surface area contributed by atoms with Gasteiger partial charge in [-0.1, -0.05) is 78.5 Å². The Morgan fingerprint density at radius 2 is 1.54 bits per heavy atom. The van der Waals surface area contributed by atoms with Gasteiger partial charge < -0.3 is 10.1 Å². The van der Waals surface area contributed by atoms with Gasteiger partial charge in [0.15, 0.2) is 11.7 Å². The van der Waals surface area contributed by atoms with Crippen molar-refractivity contribution in [3.8, 4) is 5.75 Å². The Balaban J connectivity index is 1.15. The van der Waals surface area contributed by atoms with Crippen LogP contribution in [0.5, 0.6) is 5.75 Å². The van der Waals surface area contributed by atoms with E-state index in [1.165, 1.54) is 5.39 Å². The highest BCUT2D eigenvalue weighted by atomic mass is 32.2. The molecule has 7 nitrogen and oxygen atoms in total. The van der Waals surface area contributed by atoms with Gasteiger partial charge in [-0.25, -0.2) is 0 Å². The normalized spacial score (nSPS) is 17.7. The Morgan fingerprint density at radius 3 is 2.32 bits per heavy atom. The lowest BCUT2D eigenvalue weighted by Gasteiger charge is -2.13. The smallest absolute Gasteiger partial charge is 0.189 e. The quantitative estimate of drug-likeness (QED) is 0.267. The van der Waals surface area contributed by atoms with Crippen LogP contribution in [0.15, 0.2) is 122 Å². The van der Waals surface area contributed by atoms with Crippen LogP contribution >= 0.6 is 11.8 Å². The third kappa shape index (κ3) is 5.76. The number of benzene rings is 4. The molecule has 0 radical (unpaired) electrons. The lowest BCUT2D eigenvalue weighted by molar-refractivity contribution is 0.306. The van der Waals surface area contributed by atoms with E-state index in [1.807, 2.05) is 24.4 Å². The largest absolute Gasteiger partial charge is 0.488 e. The number of nitrogens with zero attached hydrogens (tertiary/aromatic N) is 5. The summed E-state index contributed by atoms with van der Waals surface area (Å²) in [6, 6.07) is 31.1. The molecule has 2 aliphatic heterocycles. The van der Waals surface area contributed by atoms with Gasteiger partial charge in [-0.2, -0.15) is 0 Å². The molecule has 1 atom stereocenters. The fraction of sp³-hybridized carbons (Fsp3) is 0.138. The van der Waals surface area contributed by atoms with Gasteiger partial charge in [0, 0.05) is 28.8 Å². The molecule has 6 rings (SSSR count). The number of nitrogens with one attached hydrogen (secondary N) is 1. The van der Waals surface area contributed by atoms with Crippen LogP contribution in [-0.4, -0.2) is 17.9 Å². The Bertz CT molecular complexity index is 1500. The topological polar surface area (TPSA) is 83.1 Å². The number of hydrogen-bond donors (Lipinski definition) is 1. The average Bonchev–Trinajstić information content (AvgIpc) is 3.61. The standard InChI is InChI=1S/C29H24N6OS/c1-2-6-21(7-3-1)19-36-27-17-23-9-5-4-8-22(23)15-24(27)16-26-18-30-29(37-26)31-25-12-10-20(11-13-25)14-28-32-34-35-33-28/h1-13,15-18,28-29,31H,14,19H2. The number of thioether (sulfide) groups is 1. The minimum Gasteiger partial charge on any atom is -0.488 e. The molecule has 0 saturated heterocycles. The molecule has 0 fully saturated rings. The number of rotatable bonds is 8. The van der Waals surface area contributed by atoms with Crippen LogP contribution in [0.2, 0.25) is 0 Å². The van der Waals surface area contributed by atoms with E-state index in [9.17, 15) is 0 Å². The van der Waals surface area contributed by atoms with Crippen LogP contribution in [0.1, 0.15) is 16.7 Å². The third-order valence-electron chi connectivity index (χ3n) is 6.07. The molecule has 0 spiro atoms. The summed E-state index contributed by atoms with van der Waals surface area (Å²) >= 11 is 1.68. The molecule has 2 aliphatic rings. The number of aliphatic imine (C=N–C) groups is 1. The number of fused-ring (bicyclic) bond motifs is 1. The average molecular weight is 505 g/mol. The lowest BCUT2D eigenvalue weighted by Crippen LogP contribution is -2.09. The van der Waals surface area contributed by atoms with Crippen molar-refractivity contribution in [2.24, 2.45) is 25.7 Å². The molecule has 0 bridgehead atoms. The van der Waals surface area contributed by atoms with E-state index in [1.54, 1.807) is 11.8 Å². The number of hydrogen-bond acceptors (Lipinski definition) is 8. The summed E-state index contributed by atoms with van der Waals surface area (Å²) in [6.07, 6.45) is 4.55. The van der Waals surface area contributed by atoms with Gasteiger partial charge in [-0.05, 0) is 62.7 Å². The van der Waals surface area contributed by atoms with E-state index < -0.39 is 0 Å². The zero-order valence-electron chi connectivity index (χ0n) is 19.9. The van der Waals surface area contributed by atoms with E-state index in [-0.39, 0.29) is 11.7 Å². The fourth-order valence-corrected chi connectivity index (χ4v) is 5.08. The third-order valence-corrected chi connectivity index (χ3v) is 7.03. The van der Waals surface area contributed by atoms with Crippen molar-refractivity contribution in [2.75, 3.05) is 5.32 Å². The zero-order chi connectivity index (χ0) is 24.9.